The van der Waals surface area contributed by atoms with Crippen LogP contribution in [0.4, 0.5) is 5.13 Å². The summed E-state index contributed by atoms with van der Waals surface area (Å²) in [5, 5.41) is 2.43. The van der Waals surface area contributed by atoms with Gasteiger partial charge in [-0.15, -0.1) is 0 Å². The summed E-state index contributed by atoms with van der Waals surface area (Å²) in [6.07, 6.45) is 10.3. The van der Waals surface area contributed by atoms with Gasteiger partial charge >= 0.3 is 5.17 Å². The molecule has 0 unspecified atom stereocenters. The van der Waals surface area contributed by atoms with Crippen molar-refractivity contribution in [3.05, 3.63) is 15.5 Å². The molecule has 0 N–H and O–H groups in total. The van der Waals surface area contributed by atoms with Crippen molar-refractivity contribution >= 4 is 45.2 Å². The third-order valence-electron chi connectivity index (χ3n) is 5.98. The number of thioether (sulfide) groups is 1. The van der Waals surface area contributed by atoms with Crippen LogP contribution in [0.5, 0.6) is 0 Å². The van der Waals surface area contributed by atoms with Gasteiger partial charge in [0.1, 0.15) is 0 Å². The minimum atomic E-state index is -0.103. The van der Waals surface area contributed by atoms with Crippen molar-refractivity contribution in [2.75, 3.05) is 31.1 Å². The number of anilines is 1. The van der Waals surface area contributed by atoms with E-state index in [1.165, 1.54) is 70.0 Å². The van der Waals surface area contributed by atoms with Crippen LogP contribution in [-0.4, -0.2) is 46.6 Å². The molecule has 2 saturated heterocycles. The first-order chi connectivity index (χ1) is 12.6. The Morgan fingerprint density at radius 3 is 2.54 bits per heavy atom. The standard InChI is InChI=1S/C20H27N4S2/c1-20(2)16-14(25-18(21-16)23-9-5-3-6-10-23)13-15-17(20)22-19(26-15)24-11-7-4-8-12-24/h13H,3-12H2,1-2H3/q+1. The maximum absolute atomic E-state index is 5.11. The van der Waals surface area contributed by atoms with E-state index in [0.717, 1.165) is 26.2 Å². The SMILES string of the molecule is CC1(C)C2=NC(=[N+]3CCCCC3)SC2=Cc2sc(N3CCCCC3)nc21. The van der Waals surface area contributed by atoms with Crippen LogP contribution in [0.3, 0.4) is 0 Å². The molecule has 138 valence electrons. The molecule has 0 saturated carbocycles. The van der Waals surface area contributed by atoms with Crippen molar-refractivity contribution in [3.63, 3.8) is 0 Å². The summed E-state index contributed by atoms with van der Waals surface area (Å²) in [7, 11) is 0. The van der Waals surface area contributed by atoms with Crippen LogP contribution >= 0.6 is 23.1 Å². The smallest absolute Gasteiger partial charge is 0.348 e. The van der Waals surface area contributed by atoms with Crippen LogP contribution < -0.4 is 4.90 Å². The first kappa shape index (κ1) is 17.0. The molecule has 1 aromatic heterocycles. The summed E-state index contributed by atoms with van der Waals surface area (Å²) in [5.41, 5.74) is 2.35. The molecule has 0 spiro atoms. The Labute approximate surface area is 164 Å². The Hall–Kier alpha value is -1.14. The Bertz CT molecular complexity index is 817. The molecule has 0 atom stereocenters. The summed E-state index contributed by atoms with van der Waals surface area (Å²) in [5.74, 6) is 0. The highest BCUT2D eigenvalue weighted by molar-refractivity contribution is 8.18. The predicted molar refractivity (Wildman–Crippen MR) is 113 cm³/mol. The molecular formula is C20H27N4S2+. The molecule has 0 amide bonds. The zero-order valence-electron chi connectivity index (χ0n) is 15.8. The molecule has 0 bridgehead atoms. The second-order valence-electron chi connectivity index (χ2n) is 8.28. The van der Waals surface area contributed by atoms with Gasteiger partial charge in [0.05, 0.1) is 34.0 Å². The van der Waals surface area contributed by atoms with Crippen LogP contribution in [0, 0.1) is 0 Å². The Kier molecular flexibility index (Phi) is 4.24. The van der Waals surface area contributed by atoms with E-state index in [9.17, 15) is 0 Å². The minimum Gasteiger partial charge on any atom is -0.348 e. The normalized spacial score (nSPS) is 24.9. The average Bonchev–Trinajstić information content (AvgIpc) is 3.29. The van der Waals surface area contributed by atoms with Gasteiger partial charge in [-0.25, -0.2) is 4.98 Å². The number of aromatic nitrogens is 1. The Morgan fingerprint density at radius 1 is 1.04 bits per heavy atom. The number of aliphatic imine (C=N–C) groups is 1. The van der Waals surface area contributed by atoms with Gasteiger partial charge in [0.2, 0.25) is 0 Å². The van der Waals surface area contributed by atoms with Crippen LogP contribution in [0.25, 0.3) is 6.08 Å². The minimum absolute atomic E-state index is 0.103. The third-order valence-corrected chi connectivity index (χ3v) is 8.11. The monoisotopic (exact) mass is 387 g/mol. The quantitative estimate of drug-likeness (QED) is 0.665. The number of fused-ring (bicyclic) bond motifs is 2. The summed E-state index contributed by atoms with van der Waals surface area (Å²) < 4.78 is 2.48. The van der Waals surface area contributed by atoms with Crippen LogP contribution in [0.1, 0.15) is 62.9 Å². The number of nitrogens with zero attached hydrogens (tertiary/aromatic N) is 4. The van der Waals surface area contributed by atoms with Gasteiger partial charge in [-0.3, -0.25) is 4.58 Å². The van der Waals surface area contributed by atoms with Gasteiger partial charge in [-0.2, -0.15) is 0 Å². The summed E-state index contributed by atoms with van der Waals surface area (Å²) in [6.45, 7) is 9.24. The molecule has 2 fully saturated rings. The van der Waals surface area contributed by atoms with Crippen molar-refractivity contribution in [1.82, 2.24) is 4.98 Å². The van der Waals surface area contributed by atoms with Crippen LogP contribution in [-0.2, 0) is 5.41 Å². The zero-order chi connectivity index (χ0) is 17.7. The summed E-state index contributed by atoms with van der Waals surface area (Å²) in [4.78, 5) is 15.4. The lowest BCUT2D eigenvalue weighted by molar-refractivity contribution is -0.535. The summed E-state index contributed by atoms with van der Waals surface area (Å²) >= 11 is 3.75. The van der Waals surface area contributed by atoms with Gasteiger partial charge in [-0.1, -0.05) is 11.3 Å². The molecule has 6 heteroatoms. The number of hydrogen-bond acceptors (Lipinski definition) is 4. The van der Waals surface area contributed by atoms with Gasteiger partial charge in [0, 0.05) is 24.9 Å². The number of piperidine rings is 2. The Balaban J connectivity index is 1.51. The largest absolute Gasteiger partial charge is 0.359 e. The number of allylic oxidation sites excluding steroid dienone is 1. The molecule has 26 heavy (non-hydrogen) atoms. The molecule has 0 aromatic carbocycles. The Morgan fingerprint density at radius 2 is 1.77 bits per heavy atom. The molecule has 4 heterocycles. The molecular weight excluding hydrogens is 360 g/mol. The number of amidine groups is 1. The number of thiazole rings is 1. The van der Waals surface area contributed by atoms with Gasteiger partial charge in [-0.05, 0) is 63.4 Å². The van der Waals surface area contributed by atoms with E-state index in [-0.39, 0.29) is 5.41 Å². The molecule has 3 aliphatic heterocycles. The van der Waals surface area contributed by atoms with Crippen LogP contribution in [0.2, 0.25) is 0 Å². The molecule has 5 rings (SSSR count). The highest BCUT2D eigenvalue weighted by Gasteiger charge is 2.47. The fourth-order valence-electron chi connectivity index (χ4n) is 4.40. The molecule has 4 aliphatic rings. The first-order valence-electron chi connectivity index (χ1n) is 10.0. The molecule has 4 nitrogen and oxygen atoms in total. The fourth-order valence-corrected chi connectivity index (χ4v) is 6.92. The molecule has 1 aromatic rings. The maximum atomic E-state index is 5.11. The van der Waals surface area contributed by atoms with E-state index < -0.39 is 0 Å². The van der Waals surface area contributed by atoms with E-state index in [4.69, 9.17) is 9.98 Å². The van der Waals surface area contributed by atoms with Crippen molar-refractivity contribution in [3.8, 4) is 0 Å². The summed E-state index contributed by atoms with van der Waals surface area (Å²) in [6, 6.07) is 0. The number of hydrogen-bond donors (Lipinski definition) is 0. The van der Waals surface area contributed by atoms with Crippen molar-refractivity contribution in [2.45, 2.75) is 57.8 Å². The molecule has 0 radical (unpaired) electrons. The van der Waals surface area contributed by atoms with Crippen molar-refractivity contribution in [2.24, 2.45) is 4.99 Å². The fraction of sp³-hybridized carbons (Fsp3) is 0.650. The van der Waals surface area contributed by atoms with Gasteiger partial charge in [0.15, 0.2) is 10.8 Å². The van der Waals surface area contributed by atoms with Crippen molar-refractivity contribution < 1.29 is 4.58 Å². The first-order valence-corrected chi connectivity index (χ1v) is 11.6. The lowest BCUT2D eigenvalue weighted by Gasteiger charge is -2.26. The third kappa shape index (κ3) is 2.76. The second kappa shape index (κ2) is 6.48. The number of rotatable bonds is 1. The van der Waals surface area contributed by atoms with Gasteiger partial charge in [0.25, 0.3) is 0 Å². The second-order valence-corrected chi connectivity index (χ2v) is 10.3. The topological polar surface area (TPSA) is 31.5 Å². The van der Waals surface area contributed by atoms with E-state index in [1.54, 1.807) is 0 Å². The zero-order valence-corrected chi connectivity index (χ0v) is 17.4. The predicted octanol–water partition coefficient (Wildman–Crippen LogP) is 4.51. The van der Waals surface area contributed by atoms with Gasteiger partial charge < -0.3 is 4.90 Å². The van der Waals surface area contributed by atoms with E-state index in [0.29, 0.717) is 0 Å². The van der Waals surface area contributed by atoms with E-state index in [1.807, 2.05) is 23.1 Å². The van der Waals surface area contributed by atoms with E-state index >= 15 is 0 Å². The highest BCUT2D eigenvalue weighted by Crippen LogP contribution is 2.47. The lowest BCUT2D eigenvalue weighted by atomic mass is 9.80. The van der Waals surface area contributed by atoms with Crippen LogP contribution in [0.15, 0.2) is 9.90 Å². The highest BCUT2D eigenvalue weighted by atomic mass is 32.2. The lowest BCUT2D eigenvalue weighted by Crippen LogP contribution is -2.33. The average molecular weight is 388 g/mol. The van der Waals surface area contributed by atoms with Crippen molar-refractivity contribution in [1.29, 1.82) is 0 Å². The van der Waals surface area contributed by atoms with E-state index in [2.05, 4.69) is 29.4 Å². The maximum Gasteiger partial charge on any atom is 0.359 e. The molecule has 1 aliphatic carbocycles.